The van der Waals surface area contributed by atoms with Crippen LogP contribution in [0.25, 0.3) is 22.0 Å². The summed E-state index contributed by atoms with van der Waals surface area (Å²) in [4.78, 5) is 6.81. The highest BCUT2D eigenvalue weighted by Gasteiger charge is 2.23. The van der Waals surface area contributed by atoms with Crippen LogP contribution in [0.15, 0.2) is 59.9 Å². The first kappa shape index (κ1) is 19.6. The lowest BCUT2D eigenvalue weighted by Crippen LogP contribution is -2.14. The Labute approximate surface area is 174 Å². The Balaban J connectivity index is 1.84. The van der Waals surface area contributed by atoms with Crippen molar-refractivity contribution in [3.05, 3.63) is 76.7 Å². The van der Waals surface area contributed by atoms with Crippen LogP contribution in [0.3, 0.4) is 0 Å². The van der Waals surface area contributed by atoms with Gasteiger partial charge in [-0.05, 0) is 24.3 Å². The van der Waals surface area contributed by atoms with Crippen LogP contribution < -0.4 is 4.72 Å². The van der Waals surface area contributed by atoms with Gasteiger partial charge in [0.25, 0.3) is 10.0 Å². The van der Waals surface area contributed by atoms with Crippen LogP contribution in [0.1, 0.15) is 0 Å². The molecule has 2 aromatic heterocycles. The minimum absolute atomic E-state index is 0.149. The summed E-state index contributed by atoms with van der Waals surface area (Å²) in [5.41, 5.74) is 1.17. The van der Waals surface area contributed by atoms with Crippen molar-refractivity contribution in [1.29, 1.82) is 0 Å². The maximum atomic E-state index is 14.0. The number of hydrogen-bond donors (Lipinski definition) is 2. The Morgan fingerprint density at radius 2 is 1.83 bits per heavy atom. The molecule has 0 spiro atoms. The molecule has 4 rings (SSSR count). The minimum atomic E-state index is -4.25. The van der Waals surface area contributed by atoms with Crippen LogP contribution in [0, 0.1) is 11.6 Å². The summed E-state index contributed by atoms with van der Waals surface area (Å²) in [7, 11) is -4.25. The maximum Gasteiger partial charge on any atom is 0.264 e. The van der Waals surface area contributed by atoms with E-state index in [-0.39, 0.29) is 4.90 Å². The number of anilines is 1. The van der Waals surface area contributed by atoms with Crippen molar-refractivity contribution in [2.45, 2.75) is 4.90 Å². The van der Waals surface area contributed by atoms with E-state index in [1.165, 1.54) is 12.3 Å². The quantitative estimate of drug-likeness (QED) is 0.394. The maximum absolute atomic E-state index is 14.0. The fourth-order valence-electron chi connectivity index (χ4n) is 2.96. The number of pyridine rings is 1. The molecule has 0 aliphatic carbocycles. The number of nitrogens with one attached hydrogen (secondary N) is 2. The summed E-state index contributed by atoms with van der Waals surface area (Å²) in [6.45, 7) is 0. The van der Waals surface area contributed by atoms with E-state index in [2.05, 4.69) is 14.7 Å². The van der Waals surface area contributed by atoms with Crippen LogP contribution in [0.4, 0.5) is 14.5 Å². The van der Waals surface area contributed by atoms with Gasteiger partial charge in [-0.2, -0.15) is 0 Å². The first-order valence-electron chi connectivity index (χ1n) is 8.15. The van der Waals surface area contributed by atoms with Crippen LogP contribution >= 0.6 is 23.2 Å². The average Bonchev–Trinajstić information content (AvgIpc) is 3.11. The van der Waals surface area contributed by atoms with Crippen molar-refractivity contribution in [2.75, 3.05) is 4.72 Å². The minimum Gasteiger partial charge on any atom is -0.359 e. The number of hydrogen-bond acceptors (Lipinski definition) is 3. The van der Waals surface area contributed by atoms with Crippen molar-refractivity contribution >= 4 is 49.8 Å². The van der Waals surface area contributed by atoms with Crippen LogP contribution in [0.2, 0.25) is 10.0 Å². The predicted octanol–water partition coefficient (Wildman–Crippen LogP) is 5.62. The summed E-state index contributed by atoms with van der Waals surface area (Å²) in [5.74, 6) is -1.95. The molecule has 0 unspecified atom stereocenters. The molecule has 0 amide bonds. The molecule has 2 N–H and O–H groups in total. The predicted molar refractivity (Wildman–Crippen MR) is 109 cm³/mol. The third kappa shape index (κ3) is 3.55. The first-order valence-corrected chi connectivity index (χ1v) is 10.4. The lowest BCUT2D eigenvalue weighted by molar-refractivity contribution is 0.595. The van der Waals surface area contributed by atoms with Crippen molar-refractivity contribution in [1.82, 2.24) is 9.97 Å². The monoisotopic (exact) mass is 453 g/mol. The Morgan fingerprint density at radius 3 is 2.55 bits per heavy atom. The van der Waals surface area contributed by atoms with Crippen LogP contribution in [0.5, 0.6) is 0 Å². The van der Waals surface area contributed by atoms with E-state index < -0.39 is 32.4 Å². The summed E-state index contributed by atoms with van der Waals surface area (Å²) in [5, 5.41) is 0.277. The highest BCUT2D eigenvalue weighted by atomic mass is 35.5. The summed E-state index contributed by atoms with van der Waals surface area (Å²) in [6.07, 6.45) is 4.46. The fraction of sp³-hybridized carbons (Fsp3) is 0. The molecule has 10 heteroatoms. The second-order valence-electron chi connectivity index (χ2n) is 6.09. The largest absolute Gasteiger partial charge is 0.359 e. The van der Waals surface area contributed by atoms with E-state index in [1.54, 1.807) is 30.6 Å². The number of fused-ring (bicyclic) bond motifs is 1. The topological polar surface area (TPSA) is 74.8 Å². The van der Waals surface area contributed by atoms with E-state index in [0.29, 0.717) is 39.2 Å². The number of aromatic amines is 1. The molecule has 0 radical (unpaired) electrons. The zero-order valence-corrected chi connectivity index (χ0v) is 16.7. The van der Waals surface area contributed by atoms with E-state index in [0.717, 1.165) is 0 Å². The van der Waals surface area contributed by atoms with E-state index in [1.807, 2.05) is 0 Å². The van der Waals surface area contributed by atoms with Crippen LogP contribution in [-0.2, 0) is 10.0 Å². The molecule has 0 fully saturated rings. The van der Waals surface area contributed by atoms with Crippen molar-refractivity contribution in [3.63, 3.8) is 0 Å². The first-order chi connectivity index (χ1) is 13.8. The Kier molecular flexibility index (Phi) is 4.94. The highest BCUT2D eigenvalue weighted by molar-refractivity contribution is 7.93. The number of halogens is 4. The van der Waals surface area contributed by atoms with Gasteiger partial charge in [0.15, 0.2) is 0 Å². The molecule has 4 aromatic rings. The number of H-pyrrole nitrogens is 1. The lowest BCUT2D eigenvalue weighted by atomic mass is 10.0. The van der Waals surface area contributed by atoms with Crippen molar-refractivity contribution < 1.29 is 17.2 Å². The molecule has 148 valence electrons. The molecule has 29 heavy (non-hydrogen) atoms. The van der Waals surface area contributed by atoms with Crippen molar-refractivity contribution in [3.8, 4) is 11.1 Å². The highest BCUT2D eigenvalue weighted by Crippen LogP contribution is 2.37. The summed E-state index contributed by atoms with van der Waals surface area (Å²) >= 11 is 11.8. The second kappa shape index (κ2) is 7.29. The zero-order chi connectivity index (χ0) is 20.8. The third-order valence-electron chi connectivity index (χ3n) is 4.26. The van der Waals surface area contributed by atoms with E-state index in [4.69, 9.17) is 23.2 Å². The van der Waals surface area contributed by atoms with Gasteiger partial charge in [-0.15, -0.1) is 0 Å². The van der Waals surface area contributed by atoms with Gasteiger partial charge in [-0.3, -0.25) is 9.71 Å². The molecule has 0 atom stereocenters. The smallest absolute Gasteiger partial charge is 0.264 e. The Hall–Kier alpha value is -2.68. The van der Waals surface area contributed by atoms with Crippen molar-refractivity contribution in [2.24, 2.45) is 0 Å². The molecule has 0 aliphatic rings. The zero-order valence-electron chi connectivity index (χ0n) is 14.4. The number of aromatic nitrogens is 2. The second-order valence-corrected chi connectivity index (χ2v) is 8.56. The van der Waals surface area contributed by atoms with Gasteiger partial charge in [0.1, 0.15) is 16.5 Å². The van der Waals surface area contributed by atoms with Gasteiger partial charge in [-0.25, -0.2) is 17.2 Å². The van der Waals surface area contributed by atoms with Gasteiger partial charge in [0, 0.05) is 41.2 Å². The summed E-state index contributed by atoms with van der Waals surface area (Å²) in [6, 6.07) is 7.98. The third-order valence-corrected chi connectivity index (χ3v) is 6.27. The van der Waals surface area contributed by atoms with E-state index in [9.17, 15) is 17.2 Å². The van der Waals surface area contributed by atoms with Gasteiger partial charge in [0.05, 0.1) is 21.2 Å². The molecule has 5 nitrogen and oxygen atoms in total. The standard InChI is InChI=1S/C19H11Cl2F2N3O2S/c20-12-4-3-11-17(9-25-19(11)18(12)10-2-1-5-24-8-10)29(27,28)26-16-7-14(22)13(21)6-15(16)23/h1-9,25-26H. The Bertz CT molecular complexity index is 1340. The lowest BCUT2D eigenvalue weighted by Gasteiger charge is -2.10. The molecular weight excluding hydrogens is 443 g/mol. The SMILES string of the molecule is O=S(=O)(Nc1cc(F)c(Cl)cc1F)c1c[nH]c2c(-c3cccnc3)c(Cl)ccc12. The van der Waals surface area contributed by atoms with Gasteiger partial charge in [0.2, 0.25) is 0 Å². The molecule has 0 saturated carbocycles. The summed E-state index contributed by atoms with van der Waals surface area (Å²) < 4.78 is 55.5. The molecule has 0 aliphatic heterocycles. The molecule has 2 heterocycles. The van der Waals surface area contributed by atoms with Gasteiger partial charge in [-0.1, -0.05) is 29.3 Å². The van der Waals surface area contributed by atoms with Gasteiger partial charge < -0.3 is 4.98 Å². The molecule has 0 bridgehead atoms. The average molecular weight is 454 g/mol. The molecule has 0 saturated heterocycles. The number of rotatable bonds is 4. The Morgan fingerprint density at radius 1 is 1.03 bits per heavy atom. The normalized spacial score (nSPS) is 11.7. The number of nitrogens with zero attached hydrogens (tertiary/aromatic N) is 1. The fourth-order valence-corrected chi connectivity index (χ4v) is 4.61. The number of benzene rings is 2. The number of sulfonamides is 1. The van der Waals surface area contributed by atoms with Crippen LogP contribution in [-0.4, -0.2) is 18.4 Å². The molecular formula is C19H11Cl2F2N3O2S. The van der Waals surface area contributed by atoms with E-state index >= 15 is 0 Å². The van der Waals surface area contributed by atoms with Gasteiger partial charge >= 0.3 is 0 Å². The molecule has 2 aromatic carbocycles.